The predicted molar refractivity (Wildman–Crippen MR) is 70.5 cm³/mol. The third-order valence-electron chi connectivity index (χ3n) is 2.93. The van der Waals surface area contributed by atoms with E-state index in [0.29, 0.717) is 22.2 Å². The maximum Gasteiger partial charge on any atom is 0.347 e. The summed E-state index contributed by atoms with van der Waals surface area (Å²) in [6.07, 6.45) is 0. The molecule has 3 aromatic rings. The van der Waals surface area contributed by atoms with E-state index in [1.165, 1.54) is 11.3 Å². The molecule has 0 spiro atoms. The Morgan fingerprint density at radius 3 is 2.79 bits per heavy atom. The highest BCUT2D eigenvalue weighted by Crippen LogP contribution is 2.39. The number of nitrogens with zero attached hydrogens (tertiary/aromatic N) is 2. The summed E-state index contributed by atoms with van der Waals surface area (Å²) in [5, 5.41) is 1.91. The molecule has 0 amide bonds. The molecule has 0 saturated heterocycles. The van der Waals surface area contributed by atoms with E-state index in [4.69, 9.17) is 0 Å². The Morgan fingerprint density at radius 1 is 1.11 bits per heavy atom. The summed E-state index contributed by atoms with van der Waals surface area (Å²) < 4.78 is 13.1. The van der Waals surface area contributed by atoms with Gasteiger partial charge in [0.05, 0.1) is 22.9 Å². The van der Waals surface area contributed by atoms with Crippen LogP contribution in [-0.2, 0) is 4.74 Å². The number of thiophene rings is 1. The molecule has 0 N–H and O–H groups in total. The van der Waals surface area contributed by atoms with Crippen molar-refractivity contribution in [3.63, 3.8) is 0 Å². The van der Waals surface area contributed by atoms with Crippen LogP contribution < -0.4 is 0 Å². The molecule has 1 aromatic carbocycles. The summed E-state index contributed by atoms with van der Waals surface area (Å²) in [6.45, 7) is 0. The van der Waals surface area contributed by atoms with Crippen LogP contribution in [0.5, 0.6) is 0 Å². The molecule has 5 nitrogen and oxygen atoms in total. The lowest BCUT2D eigenvalue weighted by Gasteiger charge is -2.03. The fourth-order valence-electron chi connectivity index (χ4n) is 2.15. The van der Waals surface area contributed by atoms with Crippen LogP contribution in [0.2, 0.25) is 0 Å². The van der Waals surface area contributed by atoms with Crippen LogP contribution in [0.25, 0.3) is 21.5 Å². The summed E-state index contributed by atoms with van der Waals surface area (Å²) in [4.78, 5) is 24.4. The van der Waals surface area contributed by atoms with Gasteiger partial charge in [0.25, 0.3) is 0 Å². The Kier molecular flexibility index (Phi) is 2.09. The first kappa shape index (κ1) is 10.8. The highest BCUT2D eigenvalue weighted by Gasteiger charge is 2.35. The number of fused-ring (bicyclic) bond motifs is 2. The van der Waals surface area contributed by atoms with Crippen LogP contribution in [-0.4, -0.2) is 20.7 Å². The number of rotatable bonds is 1. The Labute approximate surface area is 114 Å². The average Bonchev–Trinajstić information content (AvgIpc) is 3.10. The number of carbonyl (C=O) groups excluding carboxylic acids is 2. The second-order valence-corrected chi connectivity index (χ2v) is 5.44. The van der Waals surface area contributed by atoms with E-state index in [2.05, 4.69) is 13.5 Å². The molecule has 0 saturated carbocycles. The van der Waals surface area contributed by atoms with E-state index >= 15 is 0 Å². The van der Waals surface area contributed by atoms with Crippen LogP contribution >= 0.6 is 23.1 Å². The van der Waals surface area contributed by atoms with Crippen molar-refractivity contribution in [1.29, 1.82) is 0 Å². The standard InChI is InChI=1S/C12H4N2O3S2/c15-11-5-4-6-10(14-19-13-6)9(7-2-1-3-18-7)8(5)12(16)17-11/h1-4H. The molecule has 0 atom stereocenters. The van der Waals surface area contributed by atoms with Crippen molar-refractivity contribution in [2.45, 2.75) is 0 Å². The molecule has 19 heavy (non-hydrogen) atoms. The van der Waals surface area contributed by atoms with Crippen molar-refractivity contribution in [2.24, 2.45) is 0 Å². The van der Waals surface area contributed by atoms with Crippen molar-refractivity contribution < 1.29 is 14.3 Å². The molecule has 7 heteroatoms. The molecule has 0 radical (unpaired) electrons. The SMILES string of the molecule is O=C1OC(=O)c2c1cc1nsnc1c2-c1cccs1. The zero-order valence-electron chi connectivity index (χ0n) is 9.25. The van der Waals surface area contributed by atoms with Gasteiger partial charge in [-0.2, -0.15) is 8.75 Å². The lowest BCUT2D eigenvalue weighted by molar-refractivity contribution is 0.0444. The van der Waals surface area contributed by atoms with Crippen LogP contribution in [0, 0.1) is 0 Å². The van der Waals surface area contributed by atoms with Gasteiger partial charge in [0.1, 0.15) is 11.0 Å². The molecule has 0 fully saturated rings. The molecule has 0 aliphatic carbocycles. The van der Waals surface area contributed by atoms with E-state index < -0.39 is 11.9 Å². The summed E-state index contributed by atoms with van der Waals surface area (Å²) in [6, 6.07) is 5.33. The number of carbonyl (C=O) groups is 2. The first-order valence-electron chi connectivity index (χ1n) is 5.35. The zero-order valence-corrected chi connectivity index (χ0v) is 10.9. The number of benzene rings is 1. The van der Waals surface area contributed by atoms with Crippen molar-refractivity contribution in [2.75, 3.05) is 0 Å². The lowest BCUT2D eigenvalue weighted by atomic mass is 9.99. The second-order valence-electron chi connectivity index (χ2n) is 3.96. The Hall–Kier alpha value is -2.12. The molecule has 0 bridgehead atoms. The molecular weight excluding hydrogens is 284 g/mol. The molecule has 1 aliphatic heterocycles. The van der Waals surface area contributed by atoms with Crippen molar-refractivity contribution >= 4 is 46.0 Å². The first-order valence-corrected chi connectivity index (χ1v) is 6.96. The Balaban J connectivity index is 2.21. The van der Waals surface area contributed by atoms with Gasteiger partial charge in [0.2, 0.25) is 0 Å². The minimum atomic E-state index is -0.618. The highest BCUT2D eigenvalue weighted by atomic mass is 32.1. The molecular formula is C12H4N2O3S2. The minimum absolute atomic E-state index is 0.272. The first-order chi connectivity index (χ1) is 9.25. The zero-order chi connectivity index (χ0) is 13.0. The van der Waals surface area contributed by atoms with Gasteiger partial charge in [-0.05, 0) is 17.5 Å². The fraction of sp³-hybridized carbons (Fsp3) is 0. The average molecular weight is 288 g/mol. The summed E-state index contributed by atoms with van der Waals surface area (Å²) >= 11 is 2.54. The molecule has 4 rings (SSSR count). The monoisotopic (exact) mass is 288 g/mol. The number of aromatic nitrogens is 2. The van der Waals surface area contributed by atoms with Gasteiger partial charge in [-0.25, -0.2) is 9.59 Å². The second kappa shape index (κ2) is 3.69. The number of esters is 2. The number of hydrogen-bond donors (Lipinski definition) is 0. The normalized spacial score (nSPS) is 13.9. The quantitative estimate of drug-likeness (QED) is 0.508. The third-order valence-corrected chi connectivity index (χ3v) is 4.36. The maximum atomic E-state index is 11.9. The summed E-state index contributed by atoms with van der Waals surface area (Å²) in [5.74, 6) is -1.23. The van der Waals surface area contributed by atoms with Crippen molar-refractivity contribution in [3.8, 4) is 10.4 Å². The fourth-order valence-corrected chi connectivity index (χ4v) is 3.46. The van der Waals surface area contributed by atoms with Gasteiger partial charge in [0.15, 0.2) is 0 Å². The van der Waals surface area contributed by atoms with Crippen molar-refractivity contribution in [1.82, 2.24) is 8.75 Å². The topological polar surface area (TPSA) is 69.2 Å². The van der Waals surface area contributed by atoms with Gasteiger partial charge < -0.3 is 4.74 Å². The van der Waals surface area contributed by atoms with E-state index in [9.17, 15) is 9.59 Å². The van der Waals surface area contributed by atoms with E-state index in [1.807, 2.05) is 17.5 Å². The smallest absolute Gasteiger partial charge is 0.347 e. The Bertz CT molecular complexity index is 836. The van der Waals surface area contributed by atoms with Gasteiger partial charge in [-0.3, -0.25) is 0 Å². The van der Waals surface area contributed by atoms with Crippen LogP contribution in [0.15, 0.2) is 23.6 Å². The minimum Gasteiger partial charge on any atom is -0.386 e. The largest absolute Gasteiger partial charge is 0.386 e. The van der Waals surface area contributed by atoms with Gasteiger partial charge in [-0.15, -0.1) is 11.3 Å². The predicted octanol–water partition coefficient (Wildman–Crippen LogP) is 2.73. The van der Waals surface area contributed by atoms with Crippen LogP contribution in [0.3, 0.4) is 0 Å². The molecule has 92 valence electrons. The van der Waals surface area contributed by atoms with Gasteiger partial charge >= 0.3 is 11.9 Å². The number of cyclic esters (lactones) is 2. The third kappa shape index (κ3) is 1.39. The maximum absolute atomic E-state index is 11.9. The van der Waals surface area contributed by atoms with Gasteiger partial charge in [-0.1, -0.05) is 6.07 Å². The van der Waals surface area contributed by atoms with E-state index in [0.717, 1.165) is 16.6 Å². The summed E-state index contributed by atoms with van der Waals surface area (Å²) in [5.41, 5.74) is 2.46. The van der Waals surface area contributed by atoms with Gasteiger partial charge in [0, 0.05) is 10.4 Å². The molecule has 3 heterocycles. The van der Waals surface area contributed by atoms with Crippen LogP contribution in [0.1, 0.15) is 20.7 Å². The van der Waals surface area contributed by atoms with E-state index in [1.54, 1.807) is 6.07 Å². The molecule has 0 unspecified atom stereocenters. The summed E-state index contributed by atoms with van der Waals surface area (Å²) in [7, 11) is 0. The van der Waals surface area contributed by atoms with Crippen LogP contribution in [0.4, 0.5) is 0 Å². The highest BCUT2D eigenvalue weighted by molar-refractivity contribution is 7.13. The van der Waals surface area contributed by atoms with Crippen molar-refractivity contribution in [3.05, 3.63) is 34.7 Å². The molecule has 1 aliphatic rings. The van der Waals surface area contributed by atoms with E-state index in [-0.39, 0.29) is 5.56 Å². The Morgan fingerprint density at radius 2 is 2.00 bits per heavy atom. The molecule has 2 aromatic heterocycles. The number of hydrogen-bond acceptors (Lipinski definition) is 7. The lowest BCUT2D eigenvalue weighted by Crippen LogP contribution is -1.98. The number of ether oxygens (including phenoxy) is 1.